The predicted octanol–water partition coefficient (Wildman–Crippen LogP) is 4.57. The summed E-state index contributed by atoms with van der Waals surface area (Å²) in [5.41, 5.74) is 1.51. The molecule has 0 radical (unpaired) electrons. The molecular formula is C18H18N6O6S. The highest BCUT2D eigenvalue weighted by molar-refractivity contribution is 7.19. The van der Waals surface area contributed by atoms with E-state index in [0.717, 1.165) is 17.3 Å². The van der Waals surface area contributed by atoms with Gasteiger partial charge in [-0.3, -0.25) is 25.0 Å². The van der Waals surface area contributed by atoms with E-state index in [4.69, 9.17) is 10.00 Å². The molecular weight excluding hydrogens is 428 g/mol. The zero-order valence-electron chi connectivity index (χ0n) is 16.7. The van der Waals surface area contributed by atoms with Crippen molar-refractivity contribution in [1.82, 2.24) is 0 Å². The number of nitrogens with zero attached hydrogens (tertiary/aromatic N) is 6. The Labute approximate surface area is 180 Å². The van der Waals surface area contributed by atoms with Crippen LogP contribution in [0.4, 0.5) is 27.1 Å². The fourth-order valence-corrected chi connectivity index (χ4v) is 3.34. The minimum Gasteiger partial charge on any atom is -0.450 e. The zero-order chi connectivity index (χ0) is 23.0. The first-order valence-corrected chi connectivity index (χ1v) is 9.81. The molecule has 2 aromatic rings. The number of carbonyl (C=O) groups excluding carboxylic acids is 1. The van der Waals surface area contributed by atoms with Crippen LogP contribution in [-0.4, -0.2) is 35.5 Å². The largest absolute Gasteiger partial charge is 0.450 e. The lowest BCUT2D eigenvalue weighted by molar-refractivity contribution is -0.389. The molecule has 0 aliphatic rings. The molecule has 13 heteroatoms. The first-order valence-electron chi connectivity index (χ1n) is 8.99. The van der Waals surface area contributed by atoms with Crippen LogP contribution in [0.3, 0.4) is 0 Å². The standard InChI is InChI=1S/C18H18N6O6S/c1-3-22(8-6-17(25)30-9-7-19)13-4-5-14(12(2)10-13)20-21-18-15(23(26)27)11-16(31-18)24(28)29/h4-5,10-11H,3,6,8-9H2,1-2H3. The zero-order valence-corrected chi connectivity index (χ0v) is 17.5. The summed E-state index contributed by atoms with van der Waals surface area (Å²) < 4.78 is 4.74. The number of nitriles is 1. The highest BCUT2D eigenvalue weighted by atomic mass is 32.1. The molecule has 31 heavy (non-hydrogen) atoms. The van der Waals surface area contributed by atoms with Crippen LogP contribution in [-0.2, 0) is 9.53 Å². The lowest BCUT2D eigenvalue weighted by atomic mass is 10.1. The van der Waals surface area contributed by atoms with E-state index in [1.54, 1.807) is 25.1 Å². The second-order valence-electron chi connectivity index (χ2n) is 6.11. The van der Waals surface area contributed by atoms with Gasteiger partial charge in [0.15, 0.2) is 6.61 Å². The molecule has 0 aliphatic carbocycles. The second-order valence-corrected chi connectivity index (χ2v) is 7.12. The van der Waals surface area contributed by atoms with Crippen LogP contribution < -0.4 is 4.90 Å². The lowest BCUT2D eigenvalue weighted by Crippen LogP contribution is -2.26. The maximum atomic E-state index is 11.6. The molecule has 0 fully saturated rings. The Morgan fingerprint density at radius 1 is 1.26 bits per heavy atom. The lowest BCUT2D eigenvalue weighted by Gasteiger charge is -2.23. The van der Waals surface area contributed by atoms with Crippen molar-refractivity contribution < 1.29 is 19.4 Å². The average Bonchev–Trinajstić information content (AvgIpc) is 3.17. The number of carbonyl (C=O) groups is 1. The fraction of sp³-hybridized carbons (Fsp3) is 0.333. The Balaban J connectivity index is 2.17. The summed E-state index contributed by atoms with van der Waals surface area (Å²) in [6.45, 7) is 4.43. The van der Waals surface area contributed by atoms with Crippen LogP contribution >= 0.6 is 11.3 Å². The Bertz CT molecular complexity index is 1060. The van der Waals surface area contributed by atoms with E-state index in [9.17, 15) is 25.0 Å². The van der Waals surface area contributed by atoms with Crippen LogP contribution in [0.25, 0.3) is 0 Å². The number of thiophene rings is 1. The Morgan fingerprint density at radius 2 is 2.00 bits per heavy atom. The maximum Gasteiger partial charge on any atom is 0.333 e. The van der Waals surface area contributed by atoms with Gasteiger partial charge >= 0.3 is 16.7 Å². The summed E-state index contributed by atoms with van der Waals surface area (Å²) in [5, 5.41) is 37.7. The van der Waals surface area contributed by atoms with Crippen molar-refractivity contribution in [3.63, 3.8) is 0 Å². The molecule has 1 aromatic heterocycles. The van der Waals surface area contributed by atoms with Gasteiger partial charge in [-0.05, 0) is 48.9 Å². The van der Waals surface area contributed by atoms with E-state index in [2.05, 4.69) is 10.2 Å². The molecule has 0 spiro atoms. The number of hydrogen-bond acceptors (Lipinski definition) is 11. The molecule has 0 unspecified atom stereocenters. The molecule has 0 bridgehead atoms. The number of nitro groups is 2. The molecule has 12 nitrogen and oxygen atoms in total. The van der Waals surface area contributed by atoms with Crippen molar-refractivity contribution in [2.45, 2.75) is 20.3 Å². The number of ether oxygens (including phenoxy) is 1. The number of anilines is 1. The van der Waals surface area contributed by atoms with E-state index in [0.29, 0.717) is 30.1 Å². The Kier molecular flexibility index (Phi) is 8.09. The summed E-state index contributed by atoms with van der Waals surface area (Å²) in [7, 11) is 0. The molecule has 2 rings (SSSR count). The first kappa shape index (κ1) is 23.4. The number of aryl methyl sites for hydroxylation is 1. The van der Waals surface area contributed by atoms with Gasteiger partial charge in [0, 0.05) is 18.8 Å². The maximum absolute atomic E-state index is 11.6. The van der Waals surface area contributed by atoms with Crippen LogP contribution in [0.1, 0.15) is 18.9 Å². The van der Waals surface area contributed by atoms with Crippen molar-refractivity contribution >= 4 is 44.4 Å². The SMILES string of the molecule is CCN(CCC(=O)OCC#N)c1ccc(N=Nc2sc([N+](=O)[O-])cc2[N+](=O)[O-])c(C)c1. The molecule has 162 valence electrons. The highest BCUT2D eigenvalue weighted by Gasteiger charge is 2.25. The number of hydrogen-bond donors (Lipinski definition) is 0. The van der Waals surface area contributed by atoms with E-state index in [-0.39, 0.29) is 23.0 Å². The molecule has 0 aliphatic heterocycles. The third kappa shape index (κ3) is 6.28. The molecule has 0 saturated carbocycles. The molecule has 0 N–H and O–H groups in total. The summed E-state index contributed by atoms with van der Waals surface area (Å²) in [6, 6.07) is 7.85. The molecule has 0 saturated heterocycles. The number of rotatable bonds is 10. The van der Waals surface area contributed by atoms with Gasteiger partial charge < -0.3 is 9.64 Å². The highest BCUT2D eigenvalue weighted by Crippen LogP contribution is 2.42. The van der Waals surface area contributed by atoms with Crippen molar-refractivity contribution in [3.8, 4) is 6.07 Å². The minimum atomic E-state index is -0.742. The molecule has 1 heterocycles. The third-order valence-corrected chi connectivity index (χ3v) is 5.08. The van der Waals surface area contributed by atoms with Crippen LogP contribution in [0.5, 0.6) is 0 Å². The number of esters is 1. The van der Waals surface area contributed by atoms with Crippen LogP contribution in [0.2, 0.25) is 0 Å². The smallest absolute Gasteiger partial charge is 0.333 e. The van der Waals surface area contributed by atoms with Crippen LogP contribution in [0.15, 0.2) is 34.5 Å². The molecule has 0 amide bonds. The summed E-state index contributed by atoms with van der Waals surface area (Å²) in [5.74, 6) is -0.464. The molecule has 0 atom stereocenters. The van der Waals surface area contributed by atoms with Gasteiger partial charge in [0.1, 0.15) is 12.1 Å². The predicted molar refractivity (Wildman–Crippen MR) is 112 cm³/mol. The number of benzene rings is 1. The van der Waals surface area contributed by atoms with Crippen molar-refractivity contribution in [2.75, 3.05) is 24.6 Å². The van der Waals surface area contributed by atoms with Crippen LogP contribution in [0, 0.1) is 38.5 Å². The van der Waals surface area contributed by atoms with Crippen molar-refractivity contribution in [3.05, 3.63) is 50.1 Å². The van der Waals surface area contributed by atoms with E-state index in [1.165, 1.54) is 0 Å². The Morgan fingerprint density at radius 3 is 2.58 bits per heavy atom. The van der Waals surface area contributed by atoms with E-state index in [1.807, 2.05) is 17.9 Å². The quantitative estimate of drug-likeness (QED) is 0.221. The van der Waals surface area contributed by atoms with Gasteiger partial charge in [-0.2, -0.15) is 5.26 Å². The first-order chi connectivity index (χ1) is 14.8. The topological polar surface area (TPSA) is 164 Å². The fourth-order valence-electron chi connectivity index (χ4n) is 2.58. The third-order valence-electron chi connectivity index (χ3n) is 4.12. The van der Waals surface area contributed by atoms with Crippen molar-refractivity contribution in [2.24, 2.45) is 10.2 Å². The monoisotopic (exact) mass is 446 g/mol. The Hall–Kier alpha value is -3.92. The number of azo groups is 1. The van der Waals surface area contributed by atoms with Gasteiger partial charge in [0.2, 0.25) is 5.00 Å². The summed E-state index contributed by atoms with van der Waals surface area (Å²) in [6.07, 6.45) is 0.122. The van der Waals surface area contributed by atoms with Crippen molar-refractivity contribution in [1.29, 1.82) is 5.26 Å². The molecule has 1 aromatic carbocycles. The summed E-state index contributed by atoms with van der Waals surface area (Å²) in [4.78, 5) is 34.0. The van der Waals surface area contributed by atoms with E-state index < -0.39 is 21.5 Å². The van der Waals surface area contributed by atoms with Gasteiger partial charge in [-0.15, -0.1) is 10.2 Å². The minimum absolute atomic E-state index is 0.122. The van der Waals surface area contributed by atoms with Gasteiger partial charge in [0.25, 0.3) is 0 Å². The van der Waals surface area contributed by atoms with Gasteiger partial charge in [0.05, 0.1) is 22.0 Å². The second kappa shape index (κ2) is 10.7. The average molecular weight is 446 g/mol. The van der Waals surface area contributed by atoms with E-state index >= 15 is 0 Å². The van der Waals surface area contributed by atoms with Gasteiger partial charge in [-0.25, -0.2) is 0 Å². The summed E-state index contributed by atoms with van der Waals surface area (Å²) >= 11 is 0.574. The van der Waals surface area contributed by atoms with Gasteiger partial charge in [-0.1, -0.05) is 0 Å². The normalized spacial score (nSPS) is 10.6.